The molecule has 1 aliphatic rings. The van der Waals surface area contributed by atoms with Crippen molar-refractivity contribution in [2.75, 3.05) is 30.0 Å². The van der Waals surface area contributed by atoms with Gasteiger partial charge in [0.05, 0.1) is 6.54 Å². The summed E-state index contributed by atoms with van der Waals surface area (Å²) in [6, 6.07) is 1.18. The fraction of sp³-hybridized carbons (Fsp3) is 0.818. The quantitative estimate of drug-likeness (QED) is 0.779. The standard InChI is InChI=1S/C11H20N4OS/c1-3-5-12-7-10-13-14-11(16-10)15(2)9-4-6-17-8-9/h9,12H,3-8H2,1-2H3. The summed E-state index contributed by atoms with van der Waals surface area (Å²) in [5.74, 6) is 3.06. The molecule has 1 aromatic rings. The van der Waals surface area contributed by atoms with Crippen LogP contribution in [0.15, 0.2) is 4.42 Å². The zero-order valence-corrected chi connectivity index (χ0v) is 11.3. The minimum absolute atomic E-state index is 0.539. The highest BCUT2D eigenvalue weighted by Gasteiger charge is 2.23. The molecule has 1 fully saturated rings. The lowest BCUT2D eigenvalue weighted by molar-refractivity contribution is 0.457. The van der Waals surface area contributed by atoms with Crippen LogP contribution in [0.4, 0.5) is 6.01 Å². The molecule has 0 amide bonds. The second-order valence-electron chi connectivity index (χ2n) is 4.28. The van der Waals surface area contributed by atoms with Gasteiger partial charge in [0.25, 0.3) is 0 Å². The molecule has 2 heterocycles. The van der Waals surface area contributed by atoms with Crippen LogP contribution >= 0.6 is 11.8 Å². The van der Waals surface area contributed by atoms with E-state index < -0.39 is 0 Å². The molecule has 1 atom stereocenters. The predicted molar refractivity (Wildman–Crippen MR) is 70.4 cm³/mol. The monoisotopic (exact) mass is 256 g/mol. The first-order chi connectivity index (χ1) is 8.31. The number of anilines is 1. The molecule has 2 rings (SSSR count). The average molecular weight is 256 g/mol. The van der Waals surface area contributed by atoms with E-state index in [1.165, 1.54) is 12.2 Å². The average Bonchev–Trinajstić information content (AvgIpc) is 3.00. The Morgan fingerprint density at radius 2 is 2.41 bits per heavy atom. The molecule has 1 unspecified atom stereocenters. The van der Waals surface area contributed by atoms with Crippen molar-refractivity contribution in [2.24, 2.45) is 0 Å². The highest BCUT2D eigenvalue weighted by molar-refractivity contribution is 7.99. The SMILES string of the molecule is CCCNCc1nnc(N(C)C2CCSC2)o1. The Labute approximate surface area is 106 Å². The highest BCUT2D eigenvalue weighted by Crippen LogP contribution is 2.24. The van der Waals surface area contributed by atoms with E-state index in [0.29, 0.717) is 24.5 Å². The van der Waals surface area contributed by atoms with E-state index in [9.17, 15) is 0 Å². The summed E-state index contributed by atoms with van der Waals surface area (Å²) < 4.78 is 5.64. The topological polar surface area (TPSA) is 54.2 Å². The van der Waals surface area contributed by atoms with Crippen molar-refractivity contribution in [3.63, 3.8) is 0 Å². The number of thioether (sulfide) groups is 1. The van der Waals surface area contributed by atoms with Gasteiger partial charge in [-0.05, 0) is 25.1 Å². The fourth-order valence-electron chi connectivity index (χ4n) is 1.81. The minimum Gasteiger partial charge on any atom is -0.407 e. The summed E-state index contributed by atoms with van der Waals surface area (Å²) in [5, 5.41) is 11.4. The van der Waals surface area contributed by atoms with Crippen LogP contribution in [-0.2, 0) is 6.54 Å². The molecule has 1 N–H and O–H groups in total. The molecule has 1 aromatic heterocycles. The third-order valence-electron chi connectivity index (χ3n) is 2.91. The molecule has 5 nitrogen and oxygen atoms in total. The molecule has 0 aliphatic carbocycles. The molecule has 0 saturated carbocycles. The van der Waals surface area contributed by atoms with Crippen molar-refractivity contribution in [1.82, 2.24) is 15.5 Å². The van der Waals surface area contributed by atoms with Gasteiger partial charge >= 0.3 is 6.01 Å². The van der Waals surface area contributed by atoms with Gasteiger partial charge in [-0.2, -0.15) is 11.8 Å². The second kappa shape index (κ2) is 6.26. The van der Waals surface area contributed by atoms with E-state index in [0.717, 1.165) is 18.7 Å². The number of hydrogen-bond donors (Lipinski definition) is 1. The van der Waals surface area contributed by atoms with Crippen LogP contribution in [0.1, 0.15) is 25.7 Å². The van der Waals surface area contributed by atoms with E-state index in [1.807, 2.05) is 18.8 Å². The van der Waals surface area contributed by atoms with E-state index in [1.54, 1.807) is 0 Å². The number of nitrogens with zero attached hydrogens (tertiary/aromatic N) is 3. The Balaban J connectivity index is 1.88. The van der Waals surface area contributed by atoms with Crippen molar-refractivity contribution in [1.29, 1.82) is 0 Å². The van der Waals surface area contributed by atoms with Gasteiger partial charge in [-0.15, -0.1) is 5.10 Å². The van der Waals surface area contributed by atoms with Crippen LogP contribution < -0.4 is 10.2 Å². The number of nitrogens with one attached hydrogen (secondary N) is 1. The zero-order chi connectivity index (χ0) is 12.1. The molecule has 0 bridgehead atoms. The van der Waals surface area contributed by atoms with Crippen LogP contribution in [0.2, 0.25) is 0 Å². The van der Waals surface area contributed by atoms with Gasteiger partial charge in [-0.1, -0.05) is 12.0 Å². The number of aromatic nitrogens is 2. The lowest BCUT2D eigenvalue weighted by atomic mass is 10.2. The van der Waals surface area contributed by atoms with Gasteiger partial charge in [0.1, 0.15) is 0 Å². The van der Waals surface area contributed by atoms with E-state index in [-0.39, 0.29) is 0 Å². The van der Waals surface area contributed by atoms with Gasteiger partial charge in [-0.3, -0.25) is 0 Å². The zero-order valence-electron chi connectivity index (χ0n) is 10.5. The van der Waals surface area contributed by atoms with Gasteiger partial charge in [0.15, 0.2) is 0 Å². The van der Waals surface area contributed by atoms with Crippen LogP contribution in [0.25, 0.3) is 0 Å². The molecular weight excluding hydrogens is 236 g/mol. The van der Waals surface area contributed by atoms with Crippen LogP contribution in [-0.4, -0.2) is 41.3 Å². The first kappa shape index (κ1) is 12.7. The maximum Gasteiger partial charge on any atom is 0.318 e. The van der Waals surface area contributed by atoms with Gasteiger partial charge in [-0.25, -0.2) is 0 Å². The molecule has 96 valence electrons. The molecular formula is C11H20N4OS. The van der Waals surface area contributed by atoms with E-state index in [2.05, 4.69) is 27.3 Å². The number of rotatable bonds is 6. The first-order valence-corrected chi connectivity index (χ1v) is 7.30. The summed E-state index contributed by atoms with van der Waals surface area (Å²) in [4.78, 5) is 2.11. The Hall–Kier alpha value is -0.750. The summed E-state index contributed by atoms with van der Waals surface area (Å²) in [5.41, 5.74) is 0. The third kappa shape index (κ3) is 3.35. The summed E-state index contributed by atoms with van der Waals surface area (Å²) in [6.07, 6.45) is 2.31. The summed E-state index contributed by atoms with van der Waals surface area (Å²) in [6.45, 7) is 3.78. The predicted octanol–water partition coefficient (Wildman–Crippen LogP) is 1.51. The Morgan fingerprint density at radius 1 is 1.53 bits per heavy atom. The molecule has 0 spiro atoms. The van der Waals surface area contributed by atoms with Crippen LogP contribution in [0.5, 0.6) is 0 Å². The van der Waals surface area contributed by atoms with Crippen molar-refractivity contribution in [3.05, 3.63) is 5.89 Å². The van der Waals surface area contributed by atoms with Crippen molar-refractivity contribution in [3.8, 4) is 0 Å². The molecule has 17 heavy (non-hydrogen) atoms. The Morgan fingerprint density at radius 3 is 3.12 bits per heavy atom. The third-order valence-corrected chi connectivity index (χ3v) is 4.06. The smallest absolute Gasteiger partial charge is 0.318 e. The van der Waals surface area contributed by atoms with E-state index >= 15 is 0 Å². The summed E-state index contributed by atoms with van der Waals surface area (Å²) in [7, 11) is 2.04. The first-order valence-electron chi connectivity index (χ1n) is 6.15. The molecule has 1 aliphatic heterocycles. The normalized spacial score (nSPS) is 19.8. The Kier molecular flexibility index (Phi) is 4.67. The fourth-order valence-corrected chi connectivity index (χ4v) is 3.08. The van der Waals surface area contributed by atoms with Crippen molar-refractivity contribution >= 4 is 17.8 Å². The number of hydrogen-bond acceptors (Lipinski definition) is 6. The van der Waals surface area contributed by atoms with Crippen molar-refractivity contribution in [2.45, 2.75) is 32.4 Å². The van der Waals surface area contributed by atoms with Crippen LogP contribution in [0, 0.1) is 0 Å². The van der Waals surface area contributed by atoms with E-state index in [4.69, 9.17) is 4.42 Å². The largest absolute Gasteiger partial charge is 0.407 e. The lowest BCUT2D eigenvalue weighted by Crippen LogP contribution is -2.31. The van der Waals surface area contributed by atoms with Gasteiger partial charge in [0, 0.05) is 18.8 Å². The highest BCUT2D eigenvalue weighted by atomic mass is 32.2. The summed E-state index contributed by atoms with van der Waals surface area (Å²) >= 11 is 1.98. The molecule has 0 aromatic carbocycles. The van der Waals surface area contributed by atoms with Gasteiger partial charge < -0.3 is 14.6 Å². The molecule has 6 heteroatoms. The van der Waals surface area contributed by atoms with Crippen LogP contribution in [0.3, 0.4) is 0 Å². The van der Waals surface area contributed by atoms with Crippen molar-refractivity contribution < 1.29 is 4.42 Å². The Bertz CT molecular complexity index is 338. The maximum absolute atomic E-state index is 5.64. The molecule has 0 radical (unpaired) electrons. The second-order valence-corrected chi connectivity index (χ2v) is 5.43. The van der Waals surface area contributed by atoms with Gasteiger partial charge in [0.2, 0.25) is 5.89 Å². The lowest BCUT2D eigenvalue weighted by Gasteiger charge is -2.20. The molecule has 1 saturated heterocycles. The maximum atomic E-state index is 5.64. The minimum atomic E-state index is 0.539.